The van der Waals surface area contributed by atoms with E-state index in [2.05, 4.69) is 32.0 Å². The molecule has 0 unspecified atom stereocenters. The van der Waals surface area contributed by atoms with Crippen molar-refractivity contribution in [3.63, 3.8) is 0 Å². The maximum absolute atomic E-state index is 9.24. The number of benzene rings is 1. The largest absolute Gasteiger partial charge is 0.369 e. The Morgan fingerprint density at radius 1 is 1.23 bits per heavy atom. The van der Waals surface area contributed by atoms with E-state index in [0.717, 1.165) is 35.8 Å². The van der Waals surface area contributed by atoms with Gasteiger partial charge in [-0.3, -0.25) is 4.90 Å². The molecule has 0 aromatic heterocycles. The molecule has 1 saturated carbocycles. The van der Waals surface area contributed by atoms with Crippen LogP contribution >= 0.6 is 15.9 Å². The van der Waals surface area contributed by atoms with E-state index in [-0.39, 0.29) is 5.96 Å². The normalized spacial score (nSPS) is 20.3. The Labute approximate surface area is 137 Å². The molecule has 1 aliphatic heterocycles. The fraction of sp³-hybridized carbons (Fsp3) is 0.400. The lowest BCUT2D eigenvalue weighted by atomic mass is 9.87. The average molecular weight is 361 g/mol. The summed E-state index contributed by atoms with van der Waals surface area (Å²) < 4.78 is 0.756. The summed E-state index contributed by atoms with van der Waals surface area (Å²) in [6.07, 6.45) is 5.08. The van der Waals surface area contributed by atoms with Crippen molar-refractivity contribution in [3.05, 3.63) is 28.2 Å². The zero-order valence-electron chi connectivity index (χ0n) is 12.1. The Hall–Kier alpha value is -2.07. The lowest BCUT2D eigenvalue weighted by Gasteiger charge is -2.45. The van der Waals surface area contributed by atoms with Crippen LogP contribution in [0.15, 0.2) is 32.7 Å². The molecule has 0 atom stereocenters. The highest BCUT2D eigenvalue weighted by Crippen LogP contribution is 2.40. The number of hydrogen-bond acceptors (Lipinski definition) is 6. The molecule has 22 heavy (non-hydrogen) atoms. The predicted octanol–water partition coefficient (Wildman–Crippen LogP) is 2.43. The van der Waals surface area contributed by atoms with Gasteiger partial charge in [-0.05, 0) is 59.8 Å². The number of halogens is 1. The average Bonchev–Trinajstić information content (AvgIpc) is 2.48. The first-order chi connectivity index (χ1) is 10.6. The van der Waals surface area contributed by atoms with Gasteiger partial charge in [-0.1, -0.05) is 6.42 Å². The molecule has 0 radical (unpaired) electrons. The zero-order chi connectivity index (χ0) is 15.7. The molecule has 6 nitrogen and oxygen atoms in total. The van der Waals surface area contributed by atoms with Crippen molar-refractivity contribution in [1.82, 2.24) is 0 Å². The van der Waals surface area contributed by atoms with Gasteiger partial charge in [0.05, 0.1) is 5.56 Å². The quantitative estimate of drug-likeness (QED) is 0.802. The molecule has 1 aliphatic carbocycles. The predicted molar refractivity (Wildman–Crippen MR) is 90.4 cm³/mol. The van der Waals surface area contributed by atoms with Gasteiger partial charge in [0.2, 0.25) is 11.9 Å². The van der Waals surface area contributed by atoms with Crippen molar-refractivity contribution in [2.24, 2.45) is 21.5 Å². The Morgan fingerprint density at radius 3 is 2.64 bits per heavy atom. The second kappa shape index (κ2) is 5.61. The summed E-state index contributed by atoms with van der Waals surface area (Å²) in [7, 11) is 0. The minimum Gasteiger partial charge on any atom is -0.369 e. The van der Waals surface area contributed by atoms with E-state index in [4.69, 9.17) is 11.5 Å². The number of nitriles is 1. The van der Waals surface area contributed by atoms with Crippen LogP contribution in [0.2, 0.25) is 0 Å². The molecule has 1 aromatic rings. The van der Waals surface area contributed by atoms with Crippen molar-refractivity contribution in [3.8, 4) is 6.07 Å². The van der Waals surface area contributed by atoms with Crippen molar-refractivity contribution in [2.45, 2.75) is 37.8 Å². The summed E-state index contributed by atoms with van der Waals surface area (Å²) in [5, 5.41) is 9.24. The molecule has 1 fully saturated rings. The smallest absolute Gasteiger partial charge is 0.220 e. The molecule has 1 heterocycles. The number of rotatable bonds is 1. The summed E-state index contributed by atoms with van der Waals surface area (Å²) in [4.78, 5) is 10.7. The zero-order valence-corrected chi connectivity index (χ0v) is 13.7. The van der Waals surface area contributed by atoms with Crippen LogP contribution in [-0.4, -0.2) is 17.6 Å². The summed E-state index contributed by atoms with van der Waals surface area (Å²) in [5.74, 6) is 0.564. The number of hydrogen-bond donors (Lipinski definition) is 2. The van der Waals surface area contributed by atoms with Crippen LogP contribution in [0, 0.1) is 11.3 Å². The summed E-state index contributed by atoms with van der Waals surface area (Å²) in [6, 6.07) is 7.74. The first-order valence-electron chi connectivity index (χ1n) is 7.25. The van der Waals surface area contributed by atoms with Gasteiger partial charge in [-0.25, -0.2) is 4.99 Å². The highest BCUT2D eigenvalue weighted by atomic mass is 79.9. The van der Waals surface area contributed by atoms with Crippen LogP contribution in [0.1, 0.15) is 37.7 Å². The summed E-state index contributed by atoms with van der Waals surface area (Å²) in [6.45, 7) is 0. The number of nitrogens with two attached hydrogens (primary N) is 2. The summed E-state index contributed by atoms with van der Waals surface area (Å²) >= 11 is 3.38. The van der Waals surface area contributed by atoms with Crippen LogP contribution < -0.4 is 16.4 Å². The molecule has 3 rings (SSSR count). The Balaban J connectivity index is 2.10. The van der Waals surface area contributed by atoms with Gasteiger partial charge in [0.25, 0.3) is 0 Å². The third-order valence-corrected chi connectivity index (χ3v) is 4.87. The van der Waals surface area contributed by atoms with Crippen molar-refractivity contribution in [2.75, 3.05) is 4.90 Å². The van der Waals surface area contributed by atoms with Gasteiger partial charge in [-0.15, -0.1) is 0 Å². The SMILES string of the molecule is N#Cc1cc(N2C(N)=NC(N)=NC23CCCCC3)ccc1Br. The molecule has 114 valence electrons. The molecular formula is C15H17BrN6. The molecule has 1 spiro atoms. The first kappa shape index (κ1) is 14.9. The van der Waals surface area contributed by atoms with Gasteiger partial charge < -0.3 is 11.5 Å². The Morgan fingerprint density at radius 2 is 1.95 bits per heavy atom. The molecule has 1 aromatic carbocycles. The minimum atomic E-state index is -0.477. The van der Waals surface area contributed by atoms with E-state index in [1.54, 1.807) is 6.07 Å². The maximum atomic E-state index is 9.24. The molecular weight excluding hydrogens is 344 g/mol. The molecule has 0 saturated heterocycles. The maximum Gasteiger partial charge on any atom is 0.220 e. The Bertz CT molecular complexity index is 696. The van der Waals surface area contributed by atoms with E-state index in [0.29, 0.717) is 11.5 Å². The third kappa shape index (κ3) is 2.44. The fourth-order valence-corrected chi connectivity index (χ4v) is 3.57. The molecule has 0 amide bonds. The molecule has 0 bridgehead atoms. The van der Waals surface area contributed by atoms with Crippen LogP contribution in [-0.2, 0) is 0 Å². The number of aliphatic imine (C=N–C) groups is 2. The second-order valence-electron chi connectivity index (χ2n) is 5.59. The van der Waals surface area contributed by atoms with Crippen LogP contribution in [0.25, 0.3) is 0 Å². The standard InChI is InChI=1S/C15H17BrN6/c16-12-5-4-11(8-10(12)9-17)22-14(19)20-13(18)21-15(22)6-2-1-3-7-15/h4-5,8H,1-3,6-7H2,(H4,18,19,20,21). The third-order valence-electron chi connectivity index (χ3n) is 4.18. The van der Waals surface area contributed by atoms with E-state index in [9.17, 15) is 5.26 Å². The van der Waals surface area contributed by atoms with Crippen LogP contribution in [0.3, 0.4) is 0 Å². The lowest BCUT2D eigenvalue weighted by molar-refractivity contribution is 0.305. The van der Waals surface area contributed by atoms with Crippen LogP contribution in [0.5, 0.6) is 0 Å². The van der Waals surface area contributed by atoms with Crippen molar-refractivity contribution < 1.29 is 0 Å². The van der Waals surface area contributed by atoms with Crippen molar-refractivity contribution >= 4 is 33.5 Å². The highest BCUT2D eigenvalue weighted by molar-refractivity contribution is 9.10. The van der Waals surface area contributed by atoms with Gasteiger partial charge in [0, 0.05) is 10.2 Å². The molecule has 4 N–H and O–H groups in total. The van der Waals surface area contributed by atoms with Gasteiger partial charge in [-0.2, -0.15) is 10.3 Å². The second-order valence-corrected chi connectivity index (χ2v) is 6.45. The highest BCUT2D eigenvalue weighted by Gasteiger charge is 2.42. The Kier molecular flexibility index (Phi) is 3.79. The first-order valence-corrected chi connectivity index (χ1v) is 8.04. The fourth-order valence-electron chi connectivity index (χ4n) is 3.23. The van der Waals surface area contributed by atoms with E-state index >= 15 is 0 Å². The molecule has 2 aliphatic rings. The number of anilines is 1. The van der Waals surface area contributed by atoms with Crippen LogP contribution in [0.4, 0.5) is 5.69 Å². The monoisotopic (exact) mass is 360 g/mol. The van der Waals surface area contributed by atoms with E-state index < -0.39 is 5.66 Å². The van der Waals surface area contributed by atoms with Gasteiger partial charge in [0.1, 0.15) is 11.7 Å². The number of nitrogens with zero attached hydrogens (tertiary/aromatic N) is 4. The lowest BCUT2D eigenvalue weighted by Crippen LogP contribution is -2.58. The van der Waals surface area contributed by atoms with E-state index in [1.165, 1.54) is 6.42 Å². The topological polar surface area (TPSA) is 104 Å². The minimum absolute atomic E-state index is 0.230. The molecule has 7 heteroatoms. The number of guanidine groups is 2. The van der Waals surface area contributed by atoms with Crippen molar-refractivity contribution in [1.29, 1.82) is 5.26 Å². The summed E-state index contributed by atoms with van der Waals surface area (Å²) in [5.41, 5.74) is 12.9. The van der Waals surface area contributed by atoms with Gasteiger partial charge >= 0.3 is 0 Å². The van der Waals surface area contributed by atoms with E-state index in [1.807, 2.05) is 17.0 Å². The van der Waals surface area contributed by atoms with Gasteiger partial charge in [0.15, 0.2) is 0 Å².